The molecular formula is C13H19NO4S2. The quantitative estimate of drug-likeness (QED) is 0.927. The van der Waals surface area contributed by atoms with Gasteiger partial charge in [0, 0.05) is 16.3 Å². The minimum absolute atomic E-state index is 0.229. The van der Waals surface area contributed by atoms with E-state index in [4.69, 9.17) is 0 Å². The molecule has 0 aromatic carbocycles. The highest BCUT2D eigenvalue weighted by Gasteiger charge is 2.40. The Bertz CT molecular complexity index is 620. The van der Waals surface area contributed by atoms with Crippen molar-refractivity contribution in [1.82, 2.24) is 4.31 Å². The number of aliphatic carboxylic acids is 1. The Kier molecular flexibility index (Phi) is 4.22. The van der Waals surface area contributed by atoms with Crippen molar-refractivity contribution < 1.29 is 18.3 Å². The molecule has 20 heavy (non-hydrogen) atoms. The Labute approximate surface area is 123 Å². The second-order valence-corrected chi connectivity index (χ2v) is 8.70. The van der Waals surface area contributed by atoms with Crippen LogP contribution in [0.5, 0.6) is 0 Å². The van der Waals surface area contributed by atoms with Gasteiger partial charge in [-0.3, -0.25) is 4.79 Å². The van der Waals surface area contributed by atoms with Crippen LogP contribution in [0, 0.1) is 19.8 Å². The molecule has 0 spiro atoms. The van der Waals surface area contributed by atoms with Gasteiger partial charge >= 0.3 is 5.97 Å². The van der Waals surface area contributed by atoms with Crippen LogP contribution in [-0.4, -0.2) is 36.4 Å². The zero-order chi connectivity index (χ0) is 15.1. The summed E-state index contributed by atoms with van der Waals surface area (Å²) in [7, 11) is -3.73. The molecule has 1 N–H and O–H groups in total. The molecule has 1 aliphatic rings. The fourth-order valence-corrected chi connectivity index (χ4v) is 5.76. The Morgan fingerprint density at radius 3 is 2.60 bits per heavy atom. The first kappa shape index (κ1) is 15.5. The molecule has 1 aromatic rings. The monoisotopic (exact) mass is 317 g/mol. The van der Waals surface area contributed by atoms with Crippen molar-refractivity contribution in [1.29, 1.82) is 0 Å². The van der Waals surface area contributed by atoms with Crippen molar-refractivity contribution in [3.63, 3.8) is 0 Å². The second-order valence-electron chi connectivity index (χ2n) is 5.38. The number of rotatable bonds is 3. The van der Waals surface area contributed by atoms with Crippen molar-refractivity contribution in [2.75, 3.05) is 6.54 Å². The van der Waals surface area contributed by atoms with Gasteiger partial charge in [0.25, 0.3) is 0 Å². The molecule has 1 fully saturated rings. The molecule has 0 bridgehead atoms. The number of thiophene rings is 1. The Morgan fingerprint density at radius 2 is 2.10 bits per heavy atom. The molecule has 1 aliphatic heterocycles. The first-order valence-electron chi connectivity index (χ1n) is 6.55. The number of carboxylic acid groups (broad SMARTS) is 1. The van der Waals surface area contributed by atoms with E-state index in [0.717, 1.165) is 9.18 Å². The molecule has 2 unspecified atom stereocenters. The normalized spacial score (nSPS) is 24.8. The zero-order valence-electron chi connectivity index (χ0n) is 11.8. The van der Waals surface area contributed by atoms with E-state index in [1.807, 2.05) is 13.8 Å². The minimum Gasteiger partial charge on any atom is -0.480 e. The van der Waals surface area contributed by atoms with E-state index in [-0.39, 0.29) is 17.4 Å². The van der Waals surface area contributed by atoms with Gasteiger partial charge in [-0.1, -0.05) is 6.92 Å². The van der Waals surface area contributed by atoms with Gasteiger partial charge in [-0.2, -0.15) is 4.31 Å². The molecule has 2 rings (SSSR count). The van der Waals surface area contributed by atoms with E-state index in [2.05, 4.69) is 0 Å². The van der Waals surface area contributed by atoms with Crippen molar-refractivity contribution in [2.45, 2.75) is 44.6 Å². The molecule has 0 amide bonds. The summed E-state index contributed by atoms with van der Waals surface area (Å²) in [4.78, 5) is 13.3. The topological polar surface area (TPSA) is 74.7 Å². The maximum absolute atomic E-state index is 12.7. The van der Waals surface area contributed by atoms with E-state index in [0.29, 0.717) is 17.7 Å². The largest absolute Gasteiger partial charge is 0.480 e. The van der Waals surface area contributed by atoms with Crippen LogP contribution >= 0.6 is 11.3 Å². The molecule has 5 nitrogen and oxygen atoms in total. The van der Waals surface area contributed by atoms with Crippen LogP contribution in [0.25, 0.3) is 0 Å². The second kappa shape index (κ2) is 5.46. The number of nitrogens with zero attached hydrogens (tertiary/aromatic N) is 1. The highest BCUT2D eigenvalue weighted by Crippen LogP contribution is 2.32. The van der Waals surface area contributed by atoms with Crippen LogP contribution in [-0.2, 0) is 14.8 Å². The summed E-state index contributed by atoms with van der Waals surface area (Å²) in [5.41, 5.74) is 0. The lowest BCUT2D eigenvalue weighted by Gasteiger charge is -2.34. The number of piperidine rings is 1. The average Bonchev–Trinajstić information content (AvgIpc) is 2.68. The standard InChI is InChI=1S/C13H19NO4S2/c1-8-4-5-14(11(6-8)13(15)16)20(17,18)12-7-9(2)19-10(12)3/h7-8,11H,4-6H2,1-3H3,(H,15,16). The molecule has 0 aliphatic carbocycles. The maximum atomic E-state index is 12.7. The summed E-state index contributed by atoms with van der Waals surface area (Å²) in [5.74, 6) is -0.836. The summed E-state index contributed by atoms with van der Waals surface area (Å²) in [5, 5.41) is 9.31. The van der Waals surface area contributed by atoms with Gasteiger partial charge in [0.1, 0.15) is 6.04 Å². The summed E-state index contributed by atoms with van der Waals surface area (Å²) >= 11 is 1.42. The van der Waals surface area contributed by atoms with Crippen LogP contribution in [0.2, 0.25) is 0 Å². The van der Waals surface area contributed by atoms with Crippen LogP contribution in [0.15, 0.2) is 11.0 Å². The SMILES string of the molecule is Cc1cc(S(=O)(=O)N2CCC(C)CC2C(=O)O)c(C)s1. The van der Waals surface area contributed by atoms with Crippen LogP contribution in [0.3, 0.4) is 0 Å². The van der Waals surface area contributed by atoms with E-state index in [1.54, 1.807) is 13.0 Å². The third kappa shape index (κ3) is 2.75. The molecule has 1 saturated heterocycles. The Hall–Kier alpha value is -0.920. The fraction of sp³-hybridized carbons (Fsp3) is 0.615. The van der Waals surface area contributed by atoms with Crippen molar-refractivity contribution >= 4 is 27.3 Å². The lowest BCUT2D eigenvalue weighted by molar-refractivity contribution is -0.143. The summed E-state index contributed by atoms with van der Waals surface area (Å²) in [6.07, 6.45) is 1.07. The van der Waals surface area contributed by atoms with E-state index >= 15 is 0 Å². The summed E-state index contributed by atoms with van der Waals surface area (Å²) in [6.45, 7) is 5.84. The lowest BCUT2D eigenvalue weighted by Crippen LogP contribution is -2.49. The molecule has 0 radical (unpaired) electrons. The van der Waals surface area contributed by atoms with Crippen LogP contribution in [0.4, 0.5) is 0 Å². The van der Waals surface area contributed by atoms with Gasteiger partial charge < -0.3 is 5.11 Å². The zero-order valence-corrected chi connectivity index (χ0v) is 13.4. The van der Waals surface area contributed by atoms with Crippen LogP contribution in [0.1, 0.15) is 29.5 Å². The Balaban J connectivity index is 2.42. The van der Waals surface area contributed by atoms with Crippen LogP contribution < -0.4 is 0 Å². The van der Waals surface area contributed by atoms with Gasteiger partial charge in [0.05, 0.1) is 4.90 Å². The average molecular weight is 317 g/mol. The number of sulfonamides is 1. The first-order chi connectivity index (χ1) is 9.23. The van der Waals surface area contributed by atoms with Gasteiger partial charge in [-0.25, -0.2) is 8.42 Å². The molecule has 112 valence electrons. The predicted molar refractivity (Wildman–Crippen MR) is 77.5 cm³/mol. The smallest absolute Gasteiger partial charge is 0.322 e. The highest BCUT2D eigenvalue weighted by molar-refractivity contribution is 7.89. The maximum Gasteiger partial charge on any atom is 0.322 e. The first-order valence-corrected chi connectivity index (χ1v) is 8.81. The van der Waals surface area contributed by atoms with Crippen molar-refractivity contribution in [3.05, 3.63) is 15.8 Å². The van der Waals surface area contributed by atoms with E-state index < -0.39 is 22.0 Å². The third-order valence-corrected chi connectivity index (χ3v) is 6.81. The summed E-state index contributed by atoms with van der Waals surface area (Å²) < 4.78 is 26.6. The third-order valence-electron chi connectivity index (χ3n) is 3.68. The number of hydrogen-bond donors (Lipinski definition) is 1. The molecular weight excluding hydrogens is 298 g/mol. The molecule has 7 heteroatoms. The molecule has 2 atom stereocenters. The van der Waals surface area contributed by atoms with Crippen molar-refractivity contribution in [3.8, 4) is 0 Å². The highest BCUT2D eigenvalue weighted by atomic mass is 32.2. The number of carbonyl (C=O) groups is 1. The lowest BCUT2D eigenvalue weighted by atomic mass is 9.94. The minimum atomic E-state index is -3.73. The van der Waals surface area contributed by atoms with Crippen molar-refractivity contribution in [2.24, 2.45) is 5.92 Å². The van der Waals surface area contributed by atoms with Gasteiger partial charge in [-0.05, 0) is 38.7 Å². The van der Waals surface area contributed by atoms with Gasteiger partial charge in [0.15, 0.2) is 0 Å². The number of aryl methyl sites for hydroxylation is 2. The number of hydrogen-bond acceptors (Lipinski definition) is 4. The van der Waals surface area contributed by atoms with E-state index in [1.165, 1.54) is 11.3 Å². The summed E-state index contributed by atoms with van der Waals surface area (Å²) in [6, 6.07) is 0.676. The predicted octanol–water partition coefficient (Wildman–Crippen LogP) is 2.24. The fourth-order valence-electron chi connectivity index (χ4n) is 2.62. The van der Waals surface area contributed by atoms with Gasteiger partial charge in [-0.15, -0.1) is 11.3 Å². The van der Waals surface area contributed by atoms with E-state index in [9.17, 15) is 18.3 Å². The molecule has 1 aromatic heterocycles. The Morgan fingerprint density at radius 1 is 1.45 bits per heavy atom. The van der Waals surface area contributed by atoms with Gasteiger partial charge in [0.2, 0.25) is 10.0 Å². The molecule has 0 saturated carbocycles. The molecule has 2 heterocycles. The number of carboxylic acids is 1.